The van der Waals surface area contributed by atoms with E-state index in [0.29, 0.717) is 9.90 Å². The van der Waals surface area contributed by atoms with Gasteiger partial charge in [-0.25, -0.2) is 0 Å². The average Bonchev–Trinajstić information content (AvgIpc) is 3.09. The molecule has 2 aromatic rings. The summed E-state index contributed by atoms with van der Waals surface area (Å²) in [5, 5.41) is 5.26. The van der Waals surface area contributed by atoms with E-state index in [1.807, 2.05) is 13.8 Å². The molecule has 0 fully saturated rings. The first-order chi connectivity index (χ1) is 14.2. The molecule has 0 aliphatic rings. The summed E-state index contributed by atoms with van der Waals surface area (Å²) in [5.74, 6) is -2.19. The molecular formula is C19H20Cl2N4O4S. The quantitative estimate of drug-likeness (QED) is 0.464. The molecule has 0 saturated heterocycles. The maximum Gasteiger partial charge on any atom is 0.279 e. The van der Waals surface area contributed by atoms with E-state index >= 15 is 0 Å². The summed E-state index contributed by atoms with van der Waals surface area (Å²) < 4.78 is 0. The van der Waals surface area contributed by atoms with Crippen molar-refractivity contribution in [3.63, 3.8) is 0 Å². The molecule has 8 nitrogen and oxygen atoms in total. The Morgan fingerprint density at radius 2 is 1.63 bits per heavy atom. The van der Waals surface area contributed by atoms with Crippen molar-refractivity contribution in [3.8, 4) is 0 Å². The van der Waals surface area contributed by atoms with Crippen LogP contribution in [0, 0.1) is 6.92 Å². The third-order valence-electron chi connectivity index (χ3n) is 3.91. The molecule has 1 aromatic carbocycles. The molecule has 11 heteroatoms. The van der Waals surface area contributed by atoms with Crippen LogP contribution in [0.2, 0.25) is 10.0 Å². The number of aryl methyl sites for hydroxylation is 2. The average molecular weight is 471 g/mol. The van der Waals surface area contributed by atoms with Gasteiger partial charge < -0.3 is 10.6 Å². The fraction of sp³-hybridized carbons (Fsp3) is 0.263. The van der Waals surface area contributed by atoms with Crippen molar-refractivity contribution in [2.75, 3.05) is 13.1 Å². The van der Waals surface area contributed by atoms with Crippen molar-refractivity contribution in [1.29, 1.82) is 0 Å². The number of hydrogen-bond donors (Lipinski definition) is 4. The standard InChI is InChI=1S/C19H20Cl2N4O4S/c1-3-14-10(2)6-15(30-14)19(29)25-24-17(27)9-22-16(26)8-23-18(28)12-5-4-11(20)7-13(12)21/h4-7H,3,8-9H2,1-2H3,(H,22,26)(H,23,28)(H,24,27)(H,25,29). The van der Waals surface area contributed by atoms with Crippen molar-refractivity contribution in [2.24, 2.45) is 0 Å². The number of rotatable bonds is 7. The van der Waals surface area contributed by atoms with Gasteiger partial charge in [0.05, 0.1) is 28.6 Å². The van der Waals surface area contributed by atoms with Gasteiger partial charge in [0, 0.05) is 9.90 Å². The lowest BCUT2D eigenvalue weighted by atomic mass is 10.2. The minimum absolute atomic E-state index is 0.155. The lowest BCUT2D eigenvalue weighted by Gasteiger charge is -2.09. The second kappa shape index (κ2) is 11.0. The number of carbonyl (C=O) groups is 4. The maximum absolute atomic E-state index is 12.1. The van der Waals surface area contributed by atoms with Gasteiger partial charge >= 0.3 is 0 Å². The van der Waals surface area contributed by atoms with Crippen LogP contribution in [0.5, 0.6) is 0 Å². The second-order valence-electron chi connectivity index (χ2n) is 6.16. The summed E-state index contributed by atoms with van der Waals surface area (Å²) in [7, 11) is 0. The van der Waals surface area contributed by atoms with E-state index < -0.39 is 23.6 Å². The number of hydrazine groups is 1. The monoisotopic (exact) mass is 470 g/mol. The van der Waals surface area contributed by atoms with Crippen LogP contribution in [0.15, 0.2) is 24.3 Å². The number of halogens is 2. The van der Waals surface area contributed by atoms with Crippen LogP contribution in [-0.2, 0) is 16.0 Å². The van der Waals surface area contributed by atoms with E-state index in [9.17, 15) is 19.2 Å². The molecule has 0 spiro atoms. The Hall–Kier alpha value is -2.62. The lowest BCUT2D eigenvalue weighted by Crippen LogP contribution is -2.47. The number of hydrogen-bond acceptors (Lipinski definition) is 5. The van der Waals surface area contributed by atoms with E-state index in [0.717, 1.165) is 16.9 Å². The molecule has 0 radical (unpaired) electrons. The summed E-state index contributed by atoms with van der Waals surface area (Å²) in [5.41, 5.74) is 5.71. The number of amides is 4. The van der Waals surface area contributed by atoms with Gasteiger partial charge in [0.25, 0.3) is 17.7 Å². The van der Waals surface area contributed by atoms with Crippen LogP contribution < -0.4 is 21.5 Å². The molecule has 0 saturated carbocycles. The third kappa shape index (κ3) is 6.72. The highest BCUT2D eigenvalue weighted by molar-refractivity contribution is 7.14. The zero-order valence-corrected chi connectivity index (χ0v) is 18.6. The Morgan fingerprint density at radius 1 is 0.933 bits per heavy atom. The molecule has 0 bridgehead atoms. The van der Waals surface area contributed by atoms with Crippen molar-refractivity contribution >= 4 is 58.2 Å². The summed E-state index contributed by atoms with van der Waals surface area (Å²) >= 11 is 13.1. The van der Waals surface area contributed by atoms with Gasteiger partial charge in [-0.2, -0.15) is 0 Å². The topological polar surface area (TPSA) is 116 Å². The first-order valence-corrected chi connectivity index (χ1v) is 10.5. The van der Waals surface area contributed by atoms with Crippen LogP contribution >= 0.6 is 34.5 Å². The highest BCUT2D eigenvalue weighted by atomic mass is 35.5. The summed E-state index contributed by atoms with van der Waals surface area (Å²) in [6.07, 6.45) is 0.822. The van der Waals surface area contributed by atoms with E-state index in [-0.39, 0.29) is 23.7 Å². The molecule has 4 amide bonds. The van der Waals surface area contributed by atoms with Crippen LogP contribution in [0.4, 0.5) is 0 Å². The summed E-state index contributed by atoms with van der Waals surface area (Å²) in [6.45, 7) is 3.18. The number of carbonyl (C=O) groups excluding carboxylic acids is 4. The molecule has 0 aliphatic carbocycles. The van der Waals surface area contributed by atoms with Crippen molar-refractivity contribution in [1.82, 2.24) is 21.5 Å². The minimum Gasteiger partial charge on any atom is -0.345 e. The first kappa shape index (κ1) is 23.7. The Bertz CT molecular complexity index is 977. The lowest BCUT2D eigenvalue weighted by molar-refractivity contribution is -0.125. The van der Waals surface area contributed by atoms with Crippen molar-refractivity contribution in [2.45, 2.75) is 20.3 Å². The Labute approximate surface area is 187 Å². The first-order valence-electron chi connectivity index (χ1n) is 8.89. The molecule has 160 valence electrons. The van der Waals surface area contributed by atoms with Crippen LogP contribution in [0.1, 0.15) is 37.4 Å². The van der Waals surface area contributed by atoms with Gasteiger partial charge in [-0.1, -0.05) is 30.1 Å². The maximum atomic E-state index is 12.1. The van der Waals surface area contributed by atoms with Crippen LogP contribution in [0.25, 0.3) is 0 Å². The van der Waals surface area contributed by atoms with Crippen LogP contribution in [0.3, 0.4) is 0 Å². The summed E-state index contributed by atoms with van der Waals surface area (Å²) in [4.78, 5) is 49.3. The van der Waals surface area contributed by atoms with Crippen molar-refractivity contribution < 1.29 is 19.2 Å². The Kier molecular flexibility index (Phi) is 8.64. The fourth-order valence-corrected chi connectivity index (χ4v) is 3.89. The highest BCUT2D eigenvalue weighted by Crippen LogP contribution is 2.22. The normalized spacial score (nSPS) is 10.3. The third-order valence-corrected chi connectivity index (χ3v) is 5.84. The van der Waals surface area contributed by atoms with Gasteiger partial charge in [-0.3, -0.25) is 30.0 Å². The Morgan fingerprint density at radius 3 is 2.27 bits per heavy atom. The SMILES string of the molecule is CCc1sc(C(=O)NNC(=O)CNC(=O)CNC(=O)c2ccc(Cl)cc2Cl)cc1C. The van der Waals surface area contributed by atoms with Gasteiger partial charge in [-0.15, -0.1) is 11.3 Å². The fourth-order valence-electron chi connectivity index (χ4n) is 2.39. The number of thiophene rings is 1. The molecule has 2 rings (SSSR count). The molecular weight excluding hydrogens is 451 g/mol. The van der Waals surface area contributed by atoms with Crippen molar-refractivity contribution in [3.05, 3.63) is 55.2 Å². The molecule has 1 heterocycles. The van der Waals surface area contributed by atoms with Gasteiger partial charge in [-0.05, 0) is 43.2 Å². The van der Waals surface area contributed by atoms with Crippen LogP contribution in [-0.4, -0.2) is 36.7 Å². The van der Waals surface area contributed by atoms with E-state index in [1.165, 1.54) is 29.5 Å². The second-order valence-corrected chi connectivity index (χ2v) is 8.14. The van der Waals surface area contributed by atoms with E-state index in [1.54, 1.807) is 6.07 Å². The highest BCUT2D eigenvalue weighted by Gasteiger charge is 2.14. The minimum atomic E-state index is -0.618. The summed E-state index contributed by atoms with van der Waals surface area (Å²) in [6, 6.07) is 6.11. The van der Waals surface area contributed by atoms with Gasteiger partial charge in [0.15, 0.2) is 0 Å². The van der Waals surface area contributed by atoms with Gasteiger partial charge in [0.2, 0.25) is 5.91 Å². The number of nitrogens with one attached hydrogen (secondary N) is 4. The zero-order chi connectivity index (χ0) is 22.3. The molecule has 30 heavy (non-hydrogen) atoms. The molecule has 0 unspecified atom stereocenters. The molecule has 4 N–H and O–H groups in total. The van der Waals surface area contributed by atoms with E-state index in [4.69, 9.17) is 23.2 Å². The predicted octanol–water partition coefficient (Wildman–Crippen LogP) is 2.23. The number of benzene rings is 1. The molecule has 1 aromatic heterocycles. The van der Waals surface area contributed by atoms with Gasteiger partial charge in [0.1, 0.15) is 0 Å². The predicted molar refractivity (Wildman–Crippen MR) is 116 cm³/mol. The molecule has 0 aliphatic heterocycles. The van der Waals surface area contributed by atoms with E-state index in [2.05, 4.69) is 21.5 Å². The Balaban J connectivity index is 1.71. The zero-order valence-electron chi connectivity index (χ0n) is 16.2. The largest absolute Gasteiger partial charge is 0.345 e. The molecule has 0 atom stereocenters. The smallest absolute Gasteiger partial charge is 0.279 e.